The van der Waals surface area contributed by atoms with Gasteiger partial charge in [-0.05, 0) is 23.1 Å². The van der Waals surface area contributed by atoms with Crippen LogP contribution >= 0.6 is 0 Å². The fourth-order valence-electron chi connectivity index (χ4n) is 2.05. The highest BCUT2D eigenvalue weighted by Crippen LogP contribution is 2.31. The summed E-state index contributed by atoms with van der Waals surface area (Å²) in [5, 5.41) is 6.55. The Morgan fingerprint density at radius 2 is 1.68 bits per heavy atom. The summed E-state index contributed by atoms with van der Waals surface area (Å²) in [6.07, 6.45) is 3.64. The Bertz CT molecular complexity index is 556. The second-order valence-electron chi connectivity index (χ2n) is 5.63. The molecule has 0 saturated carbocycles. The smallest absolute Gasteiger partial charge is 0.0591 e. The van der Waals surface area contributed by atoms with Crippen molar-refractivity contribution in [3.63, 3.8) is 0 Å². The van der Waals surface area contributed by atoms with Crippen molar-refractivity contribution in [1.82, 2.24) is 4.98 Å². The topological polar surface area (TPSA) is 37.0 Å². The predicted octanol–water partition coefficient (Wildman–Crippen LogP) is 4.16. The maximum Gasteiger partial charge on any atom is 0.0591 e. The van der Waals surface area contributed by atoms with Crippen LogP contribution in [0.15, 0.2) is 42.7 Å². The molecule has 19 heavy (non-hydrogen) atoms. The zero-order valence-electron chi connectivity index (χ0n) is 12.0. The maximum absolute atomic E-state index is 4.22. The van der Waals surface area contributed by atoms with Crippen molar-refractivity contribution in [3.8, 4) is 0 Å². The van der Waals surface area contributed by atoms with Gasteiger partial charge in [-0.2, -0.15) is 0 Å². The van der Waals surface area contributed by atoms with E-state index in [1.807, 2.05) is 25.4 Å². The Morgan fingerprint density at radius 3 is 2.37 bits per heavy atom. The quantitative estimate of drug-likeness (QED) is 0.864. The number of benzene rings is 1. The standard InChI is InChI=1S/C16H21N3/c1-16(2,3)14-7-5-6-8-15(14)19-13-9-12(17-4)10-18-11-13/h5-11,17,19H,1-4H3. The molecule has 0 radical (unpaired) electrons. The minimum atomic E-state index is 0.109. The third-order valence-corrected chi connectivity index (χ3v) is 3.04. The second kappa shape index (κ2) is 5.31. The predicted molar refractivity (Wildman–Crippen MR) is 82.2 cm³/mol. The van der Waals surface area contributed by atoms with Crippen LogP contribution in [0.5, 0.6) is 0 Å². The molecule has 0 aliphatic carbocycles. The molecule has 2 rings (SSSR count). The van der Waals surface area contributed by atoms with E-state index >= 15 is 0 Å². The van der Waals surface area contributed by atoms with Crippen molar-refractivity contribution < 1.29 is 0 Å². The average molecular weight is 255 g/mol. The summed E-state index contributed by atoms with van der Waals surface area (Å²) in [6, 6.07) is 10.4. The summed E-state index contributed by atoms with van der Waals surface area (Å²) in [7, 11) is 1.89. The van der Waals surface area contributed by atoms with E-state index in [0.29, 0.717) is 0 Å². The van der Waals surface area contributed by atoms with Crippen molar-refractivity contribution in [3.05, 3.63) is 48.3 Å². The van der Waals surface area contributed by atoms with Gasteiger partial charge in [0.2, 0.25) is 0 Å². The summed E-state index contributed by atoms with van der Waals surface area (Å²) in [5.41, 5.74) is 4.52. The van der Waals surface area contributed by atoms with Crippen molar-refractivity contribution >= 4 is 17.1 Å². The minimum absolute atomic E-state index is 0.109. The Kier molecular flexibility index (Phi) is 3.74. The molecular weight excluding hydrogens is 234 g/mol. The van der Waals surface area contributed by atoms with E-state index in [1.54, 1.807) is 6.20 Å². The van der Waals surface area contributed by atoms with E-state index in [0.717, 1.165) is 17.1 Å². The zero-order valence-corrected chi connectivity index (χ0v) is 12.0. The van der Waals surface area contributed by atoms with Crippen LogP contribution in [-0.4, -0.2) is 12.0 Å². The van der Waals surface area contributed by atoms with Gasteiger partial charge in [0, 0.05) is 12.7 Å². The molecular formula is C16H21N3. The molecule has 100 valence electrons. The summed E-state index contributed by atoms with van der Waals surface area (Å²) in [6.45, 7) is 6.65. The van der Waals surface area contributed by atoms with Gasteiger partial charge in [0.1, 0.15) is 0 Å². The fourth-order valence-corrected chi connectivity index (χ4v) is 2.05. The molecule has 0 bridgehead atoms. The van der Waals surface area contributed by atoms with Gasteiger partial charge >= 0.3 is 0 Å². The summed E-state index contributed by atoms with van der Waals surface area (Å²) in [4.78, 5) is 4.22. The van der Waals surface area contributed by atoms with E-state index < -0.39 is 0 Å². The number of hydrogen-bond donors (Lipinski definition) is 2. The van der Waals surface area contributed by atoms with Gasteiger partial charge in [-0.15, -0.1) is 0 Å². The van der Waals surface area contributed by atoms with E-state index in [1.165, 1.54) is 5.56 Å². The lowest BCUT2D eigenvalue weighted by Crippen LogP contribution is -2.13. The van der Waals surface area contributed by atoms with Gasteiger partial charge < -0.3 is 10.6 Å². The SMILES string of the molecule is CNc1cncc(Nc2ccccc2C(C)(C)C)c1. The molecule has 1 heterocycles. The first kappa shape index (κ1) is 13.4. The number of aromatic nitrogens is 1. The first-order valence-electron chi connectivity index (χ1n) is 6.50. The fraction of sp³-hybridized carbons (Fsp3) is 0.312. The highest BCUT2D eigenvalue weighted by atomic mass is 14.9. The first-order chi connectivity index (χ1) is 9.00. The Hall–Kier alpha value is -2.03. The van der Waals surface area contributed by atoms with Gasteiger partial charge in [-0.1, -0.05) is 39.0 Å². The van der Waals surface area contributed by atoms with E-state index in [9.17, 15) is 0 Å². The van der Waals surface area contributed by atoms with Crippen LogP contribution in [0.3, 0.4) is 0 Å². The molecule has 2 N–H and O–H groups in total. The molecule has 0 aliphatic rings. The molecule has 0 amide bonds. The van der Waals surface area contributed by atoms with Crippen molar-refractivity contribution in [2.75, 3.05) is 17.7 Å². The molecule has 0 saturated heterocycles. The summed E-state index contributed by atoms with van der Waals surface area (Å²) < 4.78 is 0. The number of nitrogens with one attached hydrogen (secondary N) is 2. The normalized spacial score (nSPS) is 11.2. The Labute approximate surface area is 115 Å². The van der Waals surface area contributed by atoms with Gasteiger partial charge in [0.15, 0.2) is 0 Å². The van der Waals surface area contributed by atoms with E-state index in [2.05, 4.69) is 54.6 Å². The van der Waals surface area contributed by atoms with Crippen molar-refractivity contribution in [2.24, 2.45) is 0 Å². The lowest BCUT2D eigenvalue weighted by atomic mass is 9.86. The molecule has 0 unspecified atom stereocenters. The third-order valence-electron chi connectivity index (χ3n) is 3.04. The number of anilines is 3. The summed E-state index contributed by atoms with van der Waals surface area (Å²) in [5.74, 6) is 0. The number of nitrogens with zero attached hydrogens (tertiary/aromatic N) is 1. The van der Waals surface area contributed by atoms with E-state index in [4.69, 9.17) is 0 Å². The molecule has 3 heteroatoms. The van der Waals surface area contributed by atoms with Crippen LogP contribution in [0.1, 0.15) is 26.3 Å². The average Bonchev–Trinajstić information content (AvgIpc) is 2.38. The monoisotopic (exact) mass is 255 g/mol. The maximum atomic E-state index is 4.22. The van der Waals surface area contributed by atoms with Crippen LogP contribution in [0.25, 0.3) is 0 Å². The van der Waals surface area contributed by atoms with Crippen LogP contribution in [0.4, 0.5) is 17.1 Å². The Morgan fingerprint density at radius 1 is 1.00 bits per heavy atom. The number of pyridine rings is 1. The van der Waals surface area contributed by atoms with Gasteiger partial charge in [-0.3, -0.25) is 4.98 Å². The molecule has 3 nitrogen and oxygen atoms in total. The van der Waals surface area contributed by atoms with Crippen LogP contribution in [-0.2, 0) is 5.41 Å². The molecule has 0 spiro atoms. The Balaban J connectivity index is 2.33. The van der Waals surface area contributed by atoms with E-state index in [-0.39, 0.29) is 5.41 Å². The minimum Gasteiger partial charge on any atom is -0.387 e. The van der Waals surface area contributed by atoms with Crippen molar-refractivity contribution in [1.29, 1.82) is 0 Å². The van der Waals surface area contributed by atoms with Gasteiger partial charge in [-0.25, -0.2) is 0 Å². The molecule has 1 aromatic heterocycles. The molecule has 0 aliphatic heterocycles. The number of para-hydroxylation sites is 1. The largest absolute Gasteiger partial charge is 0.387 e. The lowest BCUT2D eigenvalue weighted by molar-refractivity contribution is 0.592. The third kappa shape index (κ3) is 3.25. The zero-order chi connectivity index (χ0) is 13.9. The number of rotatable bonds is 3. The van der Waals surface area contributed by atoms with Gasteiger partial charge in [0.05, 0.1) is 23.8 Å². The van der Waals surface area contributed by atoms with Crippen LogP contribution < -0.4 is 10.6 Å². The number of hydrogen-bond acceptors (Lipinski definition) is 3. The molecule has 0 fully saturated rings. The van der Waals surface area contributed by atoms with Gasteiger partial charge in [0.25, 0.3) is 0 Å². The molecule has 0 atom stereocenters. The molecule has 1 aromatic carbocycles. The highest BCUT2D eigenvalue weighted by molar-refractivity contribution is 5.66. The van der Waals surface area contributed by atoms with Crippen LogP contribution in [0, 0.1) is 0 Å². The second-order valence-corrected chi connectivity index (χ2v) is 5.63. The summed E-state index contributed by atoms with van der Waals surface area (Å²) >= 11 is 0. The van der Waals surface area contributed by atoms with Crippen LogP contribution in [0.2, 0.25) is 0 Å². The highest BCUT2D eigenvalue weighted by Gasteiger charge is 2.17. The molecule has 2 aromatic rings. The lowest BCUT2D eigenvalue weighted by Gasteiger charge is -2.23. The van der Waals surface area contributed by atoms with Crippen molar-refractivity contribution in [2.45, 2.75) is 26.2 Å². The first-order valence-corrected chi connectivity index (χ1v) is 6.50.